The minimum Gasteiger partial charge on any atom is -0.391 e. The summed E-state index contributed by atoms with van der Waals surface area (Å²) in [5.41, 5.74) is 5.29. The van der Waals surface area contributed by atoms with E-state index in [-0.39, 0.29) is 55.8 Å². The molecule has 8 rings (SSSR count). The lowest BCUT2D eigenvalue weighted by molar-refractivity contribution is -0.144. The number of nitrogens with zero attached hydrogens (tertiary/aromatic N) is 9. The first-order valence-corrected chi connectivity index (χ1v) is 28.1. The smallest absolute Gasteiger partial charge is 0.278 e. The largest absolute Gasteiger partial charge is 0.391 e. The number of aliphatic hydroxyl groups excluding tert-OH is 1. The number of aromatic nitrogens is 6. The number of fused-ring (bicyclic) bond motifs is 1. The lowest BCUT2D eigenvalue weighted by Gasteiger charge is -2.36. The molecule has 3 atom stereocenters. The third kappa shape index (κ3) is 14.7. The maximum absolute atomic E-state index is 14.1. The molecule has 2 saturated heterocycles. The maximum Gasteiger partial charge on any atom is 0.278 e. The fraction of sp³-hybridized carbons (Fsp3) is 0.466. The Hall–Kier alpha value is -7.33. The highest BCUT2D eigenvalue weighted by atomic mass is 32.1. The van der Waals surface area contributed by atoms with Gasteiger partial charge >= 0.3 is 0 Å². The first-order chi connectivity index (χ1) is 37.8. The van der Waals surface area contributed by atoms with Crippen molar-refractivity contribution in [2.45, 2.75) is 123 Å². The number of aliphatic hydroxyl groups is 2. The number of hydrogen-bond donors (Lipinski definition) is 6. The number of piperazine rings is 1. The number of pyridine rings is 1. The highest BCUT2D eigenvalue weighted by Crippen LogP contribution is 2.30. The van der Waals surface area contributed by atoms with Crippen LogP contribution in [0, 0.1) is 12.3 Å². The standard InChI is InChI=1S/C58H75N13O7S/c1-8-27-70-54(76)44-35-61-56(66-52(44)71(70)47-15-12-14-46(64-47)58(6,7)78)63-41-22-24-42(25-23-41)68-31-29-67(30-32-68)28-13-17-48(73)59-26-11-9-10-16-49(74)65-51(57(3,4)5)55(77)69-36-43(72)33-45(69)53(75)60-34-39-18-20-40(21-19-39)50-38(2)62-37-79-50/h8,12,14-15,18-25,35,37,43,45,51,72,78H,1,9-11,13,16-17,26-34,36H2,2-7H3,(H,59,73)(H,60,75)(H,65,74)(H,61,63,66)/t43-,45+,51-/m1/s1. The molecule has 79 heavy (non-hydrogen) atoms. The summed E-state index contributed by atoms with van der Waals surface area (Å²) in [5, 5.41) is 33.7. The van der Waals surface area contributed by atoms with Crippen LogP contribution < -0.4 is 31.7 Å². The van der Waals surface area contributed by atoms with Gasteiger partial charge in [0.05, 0.1) is 34.4 Å². The van der Waals surface area contributed by atoms with Crippen molar-refractivity contribution >= 4 is 63.3 Å². The Morgan fingerprint density at radius 2 is 1.61 bits per heavy atom. The minimum absolute atomic E-state index is 0.00426. The van der Waals surface area contributed by atoms with Crippen molar-refractivity contribution in [3.63, 3.8) is 0 Å². The van der Waals surface area contributed by atoms with E-state index in [1.807, 2.05) is 69.6 Å². The molecular formula is C58H75N13O7S. The number of allylic oxidation sites excluding steroid dienone is 1. The maximum atomic E-state index is 14.1. The Balaban J connectivity index is 0.712. The van der Waals surface area contributed by atoms with Gasteiger partial charge in [-0.05, 0) is 99.5 Å². The number of β-amino-alcohol motifs (C(OH)–C–C–N with tert-alkyl or cyclic N) is 1. The predicted octanol–water partition coefficient (Wildman–Crippen LogP) is 5.95. The van der Waals surface area contributed by atoms with Gasteiger partial charge in [0.25, 0.3) is 5.56 Å². The average molecular weight is 1100 g/mol. The summed E-state index contributed by atoms with van der Waals surface area (Å²) in [6.45, 7) is 20.0. The van der Waals surface area contributed by atoms with Crippen LogP contribution >= 0.6 is 11.3 Å². The summed E-state index contributed by atoms with van der Waals surface area (Å²) in [5.74, 6) is -0.273. The summed E-state index contributed by atoms with van der Waals surface area (Å²) in [4.78, 5) is 92.3. The molecule has 20 nitrogen and oxygen atoms in total. The Kier molecular flexibility index (Phi) is 18.8. The fourth-order valence-corrected chi connectivity index (χ4v) is 10.8. The van der Waals surface area contributed by atoms with Gasteiger partial charge in [-0.15, -0.1) is 17.9 Å². The van der Waals surface area contributed by atoms with E-state index in [0.717, 1.165) is 85.1 Å². The van der Waals surface area contributed by atoms with Gasteiger partial charge in [0.1, 0.15) is 23.1 Å². The van der Waals surface area contributed by atoms with Crippen molar-refractivity contribution in [3.8, 4) is 16.3 Å². The first kappa shape index (κ1) is 57.8. The number of nitrogens with one attached hydrogen (secondary N) is 4. The molecule has 4 amide bonds. The quantitative estimate of drug-likeness (QED) is 0.0321. The molecule has 0 radical (unpaired) electrons. The molecule has 21 heteroatoms. The SMILES string of the molecule is C=CCn1c(=O)c2cnc(Nc3ccc(N4CCN(CCCC(=O)NCCCCCC(=O)N[C@H](C(=O)N5C[C@H](O)C[C@H]5C(=O)NCc5ccc(-c6scnc6C)cc5)C(C)(C)C)CC4)cc3)nc2n1-c1cccc(C(C)(C)O)n1. The molecule has 420 valence electrons. The van der Waals surface area contributed by atoms with E-state index in [1.54, 1.807) is 54.1 Å². The molecule has 6 heterocycles. The first-order valence-electron chi connectivity index (χ1n) is 27.2. The summed E-state index contributed by atoms with van der Waals surface area (Å²) >= 11 is 1.57. The van der Waals surface area contributed by atoms with Crippen molar-refractivity contribution < 1.29 is 29.4 Å². The Bertz CT molecular complexity index is 3150. The second-order valence-corrected chi connectivity index (χ2v) is 22.9. The molecule has 6 aromatic rings. The number of anilines is 3. The number of hydrogen-bond acceptors (Lipinski definition) is 15. The van der Waals surface area contributed by atoms with Crippen molar-refractivity contribution in [2.24, 2.45) is 5.41 Å². The van der Waals surface area contributed by atoms with Crippen LogP contribution in [0.5, 0.6) is 0 Å². The molecule has 0 aliphatic carbocycles. The topological polar surface area (TPSA) is 245 Å². The van der Waals surface area contributed by atoms with Gasteiger partial charge in [0, 0.05) is 82.6 Å². The number of likely N-dealkylation sites (tertiary alicyclic amines) is 1. The van der Waals surface area contributed by atoms with Gasteiger partial charge in [0.2, 0.25) is 29.6 Å². The fourth-order valence-electron chi connectivity index (χ4n) is 9.99. The zero-order chi connectivity index (χ0) is 56.4. The zero-order valence-corrected chi connectivity index (χ0v) is 47.0. The Morgan fingerprint density at radius 1 is 0.873 bits per heavy atom. The lowest BCUT2D eigenvalue weighted by Crippen LogP contribution is -2.57. The highest BCUT2D eigenvalue weighted by molar-refractivity contribution is 7.13. The number of thiazole rings is 1. The van der Waals surface area contributed by atoms with Crippen molar-refractivity contribution in [1.29, 1.82) is 0 Å². The third-order valence-electron chi connectivity index (χ3n) is 14.4. The van der Waals surface area contributed by atoms with Crippen molar-refractivity contribution in [2.75, 3.05) is 56.0 Å². The van der Waals surface area contributed by atoms with Gasteiger partial charge < -0.3 is 41.3 Å². The number of rotatable bonds is 23. The molecule has 0 bridgehead atoms. The number of benzene rings is 2. The zero-order valence-electron chi connectivity index (χ0n) is 46.2. The molecular weight excluding hydrogens is 1020 g/mol. The second-order valence-electron chi connectivity index (χ2n) is 22.1. The lowest BCUT2D eigenvalue weighted by atomic mass is 9.85. The number of aryl methyl sites for hydroxylation is 1. The van der Waals surface area contributed by atoms with Crippen LogP contribution in [0.2, 0.25) is 0 Å². The van der Waals surface area contributed by atoms with Crippen molar-refractivity contribution in [3.05, 3.63) is 118 Å². The van der Waals surface area contributed by atoms with E-state index < -0.39 is 35.1 Å². The molecule has 2 fully saturated rings. The average Bonchev–Trinajstić information content (AvgIpc) is 4.35. The number of amides is 4. The molecule has 4 aromatic heterocycles. The molecule has 0 saturated carbocycles. The summed E-state index contributed by atoms with van der Waals surface area (Å²) in [6, 6.07) is 19.5. The summed E-state index contributed by atoms with van der Waals surface area (Å²) in [7, 11) is 0. The Morgan fingerprint density at radius 3 is 2.29 bits per heavy atom. The van der Waals surface area contributed by atoms with Gasteiger partial charge in [-0.2, -0.15) is 4.98 Å². The molecule has 2 aromatic carbocycles. The third-order valence-corrected chi connectivity index (χ3v) is 15.4. The normalized spacial score (nSPS) is 16.5. The summed E-state index contributed by atoms with van der Waals surface area (Å²) in [6.07, 6.45) is 5.80. The van der Waals surface area contributed by atoms with E-state index in [2.05, 4.69) is 64.7 Å². The highest BCUT2D eigenvalue weighted by Gasteiger charge is 2.44. The van der Waals surface area contributed by atoms with Crippen LogP contribution in [-0.4, -0.2) is 137 Å². The van der Waals surface area contributed by atoms with Crippen LogP contribution in [0.4, 0.5) is 17.3 Å². The van der Waals surface area contributed by atoms with E-state index >= 15 is 0 Å². The molecule has 2 aliphatic heterocycles. The predicted molar refractivity (Wildman–Crippen MR) is 307 cm³/mol. The van der Waals surface area contributed by atoms with Gasteiger partial charge in [-0.3, -0.25) is 28.9 Å². The van der Waals surface area contributed by atoms with E-state index in [9.17, 15) is 34.2 Å². The van der Waals surface area contributed by atoms with Crippen LogP contribution in [-0.2, 0) is 37.9 Å². The van der Waals surface area contributed by atoms with Crippen LogP contribution in [0.15, 0.2) is 95.9 Å². The van der Waals surface area contributed by atoms with E-state index in [0.29, 0.717) is 47.9 Å². The number of carbonyl (C=O) groups excluding carboxylic acids is 4. The van der Waals surface area contributed by atoms with Gasteiger partial charge in [0.15, 0.2) is 11.5 Å². The van der Waals surface area contributed by atoms with E-state index in [4.69, 9.17) is 4.98 Å². The van der Waals surface area contributed by atoms with E-state index in [1.165, 1.54) is 15.8 Å². The van der Waals surface area contributed by atoms with Gasteiger partial charge in [-0.25, -0.2) is 24.3 Å². The molecule has 0 unspecified atom stereocenters. The Labute approximate surface area is 465 Å². The van der Waals surface area contributed by atoms with Crippen LogP contribution in [0.1, 0.15) is 96.5 Å². The number of carbonyl (C=O) groups is 4. The van der Waals surface area contributed by atoms with Crippen LogP contribution in [0.3, 0.4) is 0 Å². The molecule has 2 aliphatic rings. The molecule has 0 spiro atoms. The second kappa shape index (κ2) is 25.6. The molecule has 6 N–H and O–H groups in total. The minimum atomic E-state index is -1.19. The van der Waals surface area contributed by atoms with Gasteiger partial charge in [-0.1, -0.05) is 63.6 Å². The monoisotopic (exact) mass is 1100 g/mol. The van der Waals surface area contributed by atoms with Crippen LogP contribution in [0.25, 0.3) is 27.3 Å². The van der Waals surface area contributed by atoms with Crippen molar-refractivity contribution in [1.82, 2.24) is 55.0 Å². The summed E-state index contributed by atoms with van der Waals surface area (Å²) < 4.78 is 3.12. The number of unbranched alkanes of at least 4 members (excludes halogenated alkanes) is 2.